The molecule has 0 N–H and O–H groups in total. The lowest BCUT2D eigenvalue weighted by Crippen LogP contribution is -2.45. The number of nitrogens with zero attached hydrogens (tertiary/aromatic N) is 2. The van der Waals surface area contributed by atoms with Crippen LogP contribution in [0.5, 0.6) is 11.5 Å². The third-order valence-corrected chi connectivity index (χ3v) is 6.54. The molecule has 0 saturated carbocycles. The number of carbonyl (C=O) groups excluding carboxylic acids is 1. The minimum atomic E-state index is 0.263. The number of carbonyl (C=O) groups is 1. The molecule has 27 heavy (non-hydrogen) atoms. The van der Waals surface area contributed by atoms with Gasteiger partial charge < -0.3 is 14.4 Å². The smallest absolute Gasteiger partial charge is 0.223 e. The van der Waals surface area contributed by atoms with E-state index in [1.807, 2.05) is 12.1 Å². The lowest BCUT2D eigenvalue weighted by Gasteiger charge is -2.40. The van der Waals surface area contributed by atoms with Crippen LogP contribution in [0.15, 0.2) is 18.2 Å². The molecule has 6 heteroatoms. The fourth-order valence-corrected chi connectivity index (χ4v) is 4.97. The number of hydrogen-bond donors (Lipinski definition) is 0. The second-order valence-electron chi connectivity index (χ2n) is 7.77. The number of thioether (sulfide) groups is 1. The fraction of sp³-hybridized carbons (Fsp3) is 0.667. The van der Waals surface area contributed by atoms with Gasteiger partial charge in [-0.25, -0.2) is 0 Å². The van der Waals surface area contributed by atoms with Gasteiger partial charge in [0.15, 0.2) is 11.5 Å². The Morgan fingerprint density at radius 2 is 2.04 bits per heavy atom. The molecule has 2 saturated heterocycles. The SMILES string of the molecule is COc1cccc(CN2CCC[C@@]3(CCN(C(=O)CCSC)C3)C2)c1OC. The Bertz CT molecular complexity index is 654. The average molecular weight is 393 g/mol. The quantitative estimate of drug-likeness (QED) is 0.712. The van der Waals surface area contributed by atoms with Crippen LogP contribution >= 0.6 is 11.8 Å². The van der Waals surface area contributed by atoms with Gasteiger partial charge in [0.05, 0.1) is 14.2 Å². The number of piperidine rings is 1. The van der Waals surface area contributed by atoms with Gasteiger partial charge in [0.2, 0.25) is 5.91 Å². The van der Waals surface area contributed by atoms with Crippen molar-refractivity contribution in [2.24, 2.45) is 5.41 Å². The van der Waals surface area contributed by atoms with Crippen molar-refractivity contribution < 1.29 is 14.3 Å². The molecule has 0 radical (unpaired) electrons. The number of amides is 1. The molecular weight excluding hydrogens is 360 g/mol. The topological polar surface area (TPSA) is 42.0 Å². The van der Waals surface area contributed by atoms with Crippen LogP contribution in [0.2, 0.25) is 0 Å². The first kappa shape index (κ1) is 20.3. The van der Waals surface area contributed by atoms with Gasteiger partial charge in [0.25, 0.3) is 0 Å². The standard InChI is InChI=1S/C21H32N2O3S/c1-25-18-7-4-6-17(20(18)26-2)14-22-11-5-9-21(15-22)10-12-23(16-21)19(24)8-13-27-3/h4,6-7H,5,8-16H2,1-3H3/t21-/m1/s1. The summed E-state index contributed by atoms with van der Waals surface area (Å²) in [5.74, 6) is 2.87. The maximum Gasteiger partial charge on any atom is 0.223 e. The third kappa shape index (κ3) is 4.72. The van der Waals surface area contributed by atoms with Crippen LogP contribution in [0.25, 0.3) is 0 Å². The van der Waals surface area contributed by atoms with Gasteiger partial charge in [0.1, 0.15) is 0 Å². The van der Waals surface area contributed by atoms with E-state index in [1.165, 1.54) is 18.4 Å². The Balaban J connectivity index is 1.64. The third-order valence-electron chi connectivity index (χ3n) is 5.93. The first-order valence-electron chi connectivity index (χ1n) is 9.80. The van der Waals surface area contributed by atoms with Crippen LogP contribution in [-0.2, 0) is 11.3 Å². The van der Waals surface area contributed by atoms with Crippen LogP contribution in [-0.4, -0.2) is 68.1 Å². The molecule has 150 valence electrons. The second-order valence-corrected chi connectivity index (χ2v) is 8.76. The van der Waals surface area contributed by atoms with Gasteiger partial charge in [0, 0.05) is 49.3 Å². The Morgan fingerprint density at radius 3 is 2.78 bits per heavy atom. The summed E-state index contributed by atoms with van der Waals surface area (Å²) in [4.78, 5) is 17.1. The molecule has 2 aliphatic rings. The minimum Gasteiger partial charge on any atom is -0.493 e. The summed E-state index contributed by atoms with van der Waals surface area (Å²) < 4.78 is 11.0. The van der Waals surface area contributed by atoms with Crippen molar-refractivity contribution in [1.29, 1.82) is 0 Å². The van der Waals surface area contributed by atoms with Crippen molar-refractivity contribution in [3.05, 3.63) is 23.8 Å². The van der Waals surface area contributed by atoms with Gasteiger partial charge in [-0.05, 0) is 38.1 Å². The molecule has 2 aliphatic heterocycles. The highest BCUT2D eigenvalue weighted by atomic mass is 32.2. The molecular formula is C21H32N2O3S. The highest BCUT2D eigenvalue weighted by Crippen LogP contribution is 2.40. The highest BCUT2D eigenvalue weighted by molar-refractivity contribution is 7.98. The number of rotatable bonds is 7. The van der Waals surface area contributed by atoms with E-state index in [-0.39, 0.29) is 5.41 Å². The largest absolute Gasteiger partial charge is 0.493 e. The van der Waals surface area contributed by atoms with Crippen molar-refractivity contribution in [2.75, 3.05) is 52.4 Å². The number of hydrogen-bond acceptors (Lipinski definition) is 5. The number of ether oxygens (including phenoxy) is 2. The molecule has 2 fully saturated rings. The predicted octanol–water partition coefficient (Wildman–Crippen LogP) is 3.27. The molecule has 3 rings (SSSR count). The fourth-order valence-electron chi connectivity index (χ4n) is 4.59. The van der Waals surface area contributed by atoms with E-state index < -0.39 is 0 Å². The molecule has 1 aromatic carbocycles. The van der Waals surface area contributed by atoms with Gasteiger partial charge in [-0.2, -0.15) is 11.8 Å². The maximum atomic E-state index is 12.4. The first-order valence-corrected chi connectivity index (χ1v) is 11.2. The summed E-state index contributed by atoms with van der Waals surface area (Å²) in [6.45, 7) is 4.86. The molecule has 0 unspecified atom stereocenters. The first-order chi connectivity index (χ1) is 13.1. The summed E-state index contributed by atoms with van der Waals surface area (Å²) in [5.41, 5.74) is 1.43. The Hall–Kier alpha value is -1.40. The summed E-state index contributed by atoms with van der Waals surface area (Å²) in [7, 11) is 3.38. The van der Waals surface area contributed by atoms with Gasteiger partial charge in [-0.3, -0.25) is 9.69 Å². The zero-order valence-corrected chi connectivity index (χ0v) is 17.6. The number of para-hydroxylation sites is 1. The lowest BCUT2D eigenvalue weighted by molar-refractivity contribution is -0.130. The van der Waals surface area contributed by atoms with Gasteiger partial charge >= 0.3 is 0 Å². The zero-order chi connectivity index (χ0) is 19.3. The van der Waals surface area contributed by atoms with E-state index in [1.54, 1.807) is 26.0 Å². The molecule has 1 atom stereocenters. The normalized spacial score (nSPS) is 23.0. The molecule has 0 bridgehead atoms. The Kier molecular flexibility index (Phi) is 6.93. The lowest BCUT2D eigenvalue weighted by atomic mass is 9.79. The number of likely N-dealkylation sites (tertiary alicyclic amines) is 2. The summed E-state index contributed by atoms with van der Waals surface area (Å²) in [6, 6.07) is 6.09. The maximum absolute atomic E-state index is 12.4. The van der Waals surface area contributed by atoms with Crippen LogP contribution in [0.3, 0.4) is 0 Å². The summed E-state index contributed by atoms with van der Waals surface area (Å²) in [5, 5.41) is 0. The van der Waals surface area contributed by atoms with E-state index in [0.717, 1.165) is 56.4 Å². The van der Waals surface area contributed by atoms with E-state index in [2.05, 4.69) is 22.1 Å². The van der Waals surface area contributed by atoms with Crippen LogP contribution in [0.4, 0.5) is 0 Å². The molecule has 1 amide bonds. The van der Waals surface area contributed by atoms with E-state index in [9.17, 15) is 4.79 Å². The van der Waals surface area contributed by atoms with Crippen molar-refractivity contribution >= 4 is 17.7 Å². The van der Waals surface area contributed by atoms with Crippen molar-refractivity contribution in [2.45, 2.75) is 32.2 Å². The summed E-state index contributed by atoms with van der Waals surface area (Å²) in [6.07, 6.45) is 6.28. The van der Waals surface area contributed by atoms with Crippen LogP contribution < -0.4 is 9.47 Å². The molecule has 5 nitrogen and oxygen atoms in total. The van der Waals surface area contributed by atoms with Crippen molar-refractivity contribution in [1.82, 2.24) is 9.80 Å². The molecule has 0 aromatic heterocycles. The van der Waals surface area contributed by atoms with E-state index >= 15 is 0 Å². The monoisotopic (exact) mass is 392 g/mol. The molecule has 1 spiro atoms. The van der Waals surface area contributed by atoms with Crippen LogP contribution in [0, 0.1) is 5.41 Å². The molecule has 0 aliphatic carbocycles. The van der Waals surface area contributed by atoms with Gasteiger partial charge in [-0.15, -0.1) is 0 Å². The second kappa shape index (κ2) is 9.20. The van der Waals surface area contributed by atoms with Crippen molar-refractivity contribution in [3.8, 4) is 11.5 Å². The van der Waals surface area contributed by atoms with Crippen LogP contribution in [0.1, 0.15) is 31.2 Å². The van der Waals surface area contributed by atoms with E-state index in [4.69, 9.17) is 9.47 Å². The Labute approximate surface area is 167 Å². The zero-order valence-electron chi connectivity index (χ0n) is 16.8. The predicted molar refractivity (Wildman–Crippen MR) is 111 cm³/mol. The highest BCUT2D eigenvalue weighted by Gasteiger charge is 2.42. The van der Waals surface area contributed by atoms with Gasteiger partial charge in [-0.1, -0.05) is 12.1 Å². The summed E-state index contributed by atoms with van der Waals surface area (Å²) >= 11 is 1.75. The molecule has 1 aromatic rings. The molecule has 2 heterocycles. The van der Waals surface area contributed by atoms with Crippen molar-refractivity contribution in [3.63, 3.8) is 0 Å². The van der Waals surface area contributed by atoms with E-state index in [0.29, 0.717) is 12.3 Å². The number of methoxy groups -OCH3 is 2. The Morgan fingerprint density at radius 1 is 1.19 bits per heavy atom. The minimum absolute atomic E-state index is 0.263. The number of benzene rings is 1. The average Bonchev–Trinajstić information content (AvgIpc) is 3.09.